The maximum atomic E-state index is 13.7. The van der Waals surface area contributed by atoms with E-state index in [-0.39, 0.29) is 17.0 Å². The Hall–Kier alpha value is -3.87. The van der Waals surface area contributed by atoms with Crippen molar-refractivity contribution < 1.29 is 17.9 Å². The molecule has 0 unspecified atom stereocenters. The zero-order valence-corrected chi connectivity index (χ0v) is 15.5. The normalized spacial score (nSPS) is 11.3. The Morgan fingerprint density at radius 2 is 1.40 bits per heavy atom. The molecule has 0 atom stereocenters. The summed E-state index contributed by atoms with van der Waals surface area (Å²) >= 11 is 0. The van der Waals surface area contributed by atoms with Gasteiger partial charge in [0.25, 0.3) is 5.56 Å². The molecule has 0 fully saturated rings. The molecule has 3 aromatic carbocycles. The van der Waals surface area contributed by atoms with Gasteiger partial charge < -0.3 is 4.74 Å². The topological polar surface area (TPSA) is 44.1 Å². The summed E-state index contributed by atoms with van der Waals surface area (Å²) in [4.78, 5) is 12.7. The maximum Gasteiger partial charge on any atom is 0.417 e. The van der Waals surface area contributed by atoms with Crippen molar-refractivity contribution in [3.63, 3.8) is 0 Å². The summed E-state index contributed by atoms with van der Waals surface area (Å²) in [6, 6.07) is 23.2. The molecule has 0 spiro atoms. The van der Waals surface area contributed by atoms with E-state index in [1.54, 1.807) is 60.7 Å². The van der Waals surface area contributed by atoms with E-state index in [9.17, 15) is 18.0 Å². The van der Waals surface area contributed by atoms with Crippen LogP contribution in [0, 0.1) is 0 Å². The fourth-order valence-electron chi connectivity index (χ4n) is 3.01. The van der Waals surface area contributed by atoms with Gasteiger partial charge in [-0.1, -0.05) is 54.6 Å². The summed E-state index contributed by atoms with van der Waals surface area (Å²) in [5.41, 5.74) is -1.23. The van der Waals surface area contributed by atoms with Crippen molar-refractivity contribution in [1.29, 1.82) is 0 Å². The first-order valence-corrected chi connectivity index (χ1v) is 9.03. The minimum absolute atomic E-state index is 0.0601. The van der Waals surface area contributed by atoms with Crippen LogP contribution in [-0.2, 0) is 6.18 Å². The molecule has 0 saturated heterocycles. The van der Waals surface area contributed by atoms with Gasteiger partial charge in [0, 0.05) is 5.56 Å². The second-order valence-corrected chi connectivity index (χ2v) is 6.40. The standard InChI is InChI=1S/C23H15F3N2O2/c24-23(25,26)19-14-8-7-13-18(19)22-20(30-17-11-5-2-6-12-17)15-21(29)28(27-22)16-9-3-1-4-10-16/h1-15H. The molecular weight excluding hydrogens is 393 g/mol. The van der Waals surface area contributed by atoms with E-state index in [2.05, 4.69) is 5.10 Å². The average Bonchev–Trinajstić information content (AvgIpc) is 2.75. The zero-order chi connectivity index (χ0) is 21.1. The highest BCUT2D eigenvalue weighted by molar-refractivity contribution is 5.70. The fourth-order valence-corrected chi connectivity index (χ4v) is 3.01. The zero-order valence-electron chi connectivity index (χ0n) is 15.5. The van der Waals surface area contributed by atoms with E-state index in [0.29, 0.717) is 11.4 Å². The summed E-state index contributed by atoms with van der Waals surface area (Å²) in [5, 5.41) is 4.26. The predicted molar refractivity (Wildman–Crippen MR) is 107 cm³/mol. The minimum Gasteiger partial charge on any atom is -0.455 e. The molecule has 0 amide bonds. The highest BCUT2D eigenvalue weighted by Gasteiger charge is 2.34. The van der Waals surface area contributed by atoms with Crippen molar-refractivity contribution in [1.82, 2.24) is 9.78 Å². The predicted octanol–water partition coefficient (Wildman–Crippen LogP) is 5.71. The molecule has 4 nitrogen and oxygen atoms in total. The summed E-state index contributed by atoms with van der Waals surface area (Å²) in [6.45, 7) is 0. The Morgan fingerprint density at radius 3 is 2.07 bits per heavy atom. The molecule has 4 rings (SSSR count). The lowest BCUT2D eigenvalue weighted by Gasteiger charge is -2.16. The van der Waals surface area contributed by atoms with Crippen molar-refractivity contribution in [2.24, 2.45) is 0 Å². The van der Waals surface area contributed by atoms with Gasteiger partial charge in [-0.25, -0.2) is 0 Å². The molecule has 0 aliphatic rings. The van der Waals surface area contributed by atoms with Gasteiger partial charge in [0.15, 0.2) is 5.75 Å². The van der Waals surface area contributed by atoms with Crippen molar-refractivity contribution in [3.8, 4) is 28.4 Å². The van der Waals surface area contributed by atoms with Crippen LogP contribution in [-0.4, -0.2) is 9.78 Å². The van der Waals surface area contributed by atoms with E-state index in [0.717, 1.165) is 16.8 Å². The number of hydrogen-bond acceptors (Lipinski definition) is 3. The van der Waals surface area contributed by atoms with Crippen LogP contribution in [0.1, 0.15) is 5.56 Å². The molecule has 0 aliphatic carbocycles. The van der Waals surface area contributed by atoms with Crippen LogP contribution < -0.4 is 10.3 Å². The van der Waals surface area contributed by atoms with Gasteiger partial charge in [0.2, 0.25) is 0 Å². The van der Waals surface area contributed by atoms with E-state index in [1.807, 2.05) is 0 Å². The monoisotopic (exact) mass is 408 g/mol. The number of ether oxygens (including phenoxy) is 1. The number of halogens is 3. The van der Waals surface area contributed by atoms with Crippen molar-refractivity contribution in [2.45, 2.75) is 6.18 Å². The molecule has 0 N–H and O–H groups in total. The molecule has 0 radical (unpaired) electrons. The third kappa shape index (κ3) is 3.96. The van der Waals surface area contributed by atoms with E-state index < -0.39 is 17.3 Å². The molecule has 1 heterocycles. The lowest BCUT2D eigenvalue weighted by atomic mass is 10.0. The van der Waals surface area contributed by atoms with Crippen molar-refractivity contribution in [2.75, 3.05) is 0 Å². The molecule has 0 saturated carbocycles. The number of alkyl halides is 3. The van der Waals surface area contributed by atoms with Crippen molar-refractivity contribution in [3.05, 3.63) is 107 Å². The number of hydrogen-bond donors (Lipinski definition) is 0. The van der Waals surface area contributed by atoms with Crippen LogP contribution >= 0.6 is 0 Å². The molecule has 7 heteroatoms. The maximum absolute atomic E-state index is 13.7. The molecule has 30 heavy (non-hydrogen) atoms. The van der Waals surface area contributed by atoms with Gasteiger partial charge in [-0.3, -0.25) is 4.79 Å². The van der Waals surface area contributed by atoms with E-state index in [1.165, 1.54) is 18.2 Å². The summed E-state index contributed by atoms with van der Waals surface area (Å²) in [6.07, 6.45) is -4.60. The van der Waals surface area contributed by atoms with Gasteiger partial charge in [-0.15, -0.1) is 0 Å². The lowest BCUT2D eigenvalue weighted by Crippen LogP contribution is -2.21. The van der Waals surface area contributed by atoms with Crippen LogP contribution in [0.4, 0.5) is 13.2 Å². The van der Waals surface area contributed by atoms with Crippen LogP contribution in [0.15, 0.2) is 95.8 Å². The summed E-state index contributed by atoms with van der Waals surface area (Å²) in [5.74, 6) is 0.317. The number of benzene rings is 3. The molecule has 0 bridgehead atoms. The second kappa shape index (κ2) is 7.87. The first kappa shape index (κ1) is 19.4. The van der Waals surface area contributed by atoms with Gasteiger partial charge in [0.1, 0.15) is 11.4 Å². The molecule has 4 aromatic rings. The smallest absolute Gasteiger partial charge is 0.417 e. The fraction of sp³-hybridized carbons (Fsp3) is 0.0435. The van der Waals surface area contributed by atoms with Gasteiger partial charge in [0.05, 0.1) is 17.3 Å². The highest BCUT2D eigenvalue weighted by atomic mass is 19.4. The van der Waals surface area contributed by atoms with Crippen LogP contribution in [0.3, 0.4) is 0 Å². The first-order chi connectivity index (χ1) is 14.4. The third-order valence-electron chi connectivity index (χ3n) is 4.36. The Morgan fingerprint density at radius 1 is 0.800 bits per heavy atom. The molecule has 150 valence electrons. The Balaban J connectivity index is 1.96. The first-order valence-electron chi connectivity index (χ1n) is 9.03. The van der Waals surface area contributed by atoms with E-state index >= 15 is 0 Å². The minimum atomic E-state index is -4.60. The van der Waals surface area contributed by atoms with Crippen LogP contribution in [0.5, 0.6) is 11.5 Å². The third-order valence-corrected chi connectivity index (χ3v) is 4.36. The highest BCUT2D eigenvalue weighted by Crippen LogP contribution is 2.39. The van der Waals surface area contributed by atoms with Crippen molar-refractivity contribution >= 4 is 0 Å². The summed E-state index contributed by atoms with van der Waals surface area (Å²) < 4.78 is 47.8. The molecular formula is C23H15F3N2O2. The Bertz CT molecular complexity index is 1220. The quantitative estimate of drug-likeness (QED) is 0.434. The van der Waals surface area contributed by atoms with Gasteiger partial charge >= 0.3 is 6.18 Å². The second-order valence-electron chi connectivity index (χ2n) is 6.40. The average molecular weight is 408 g/mol. The van der Waals surface area contributed by atoms with Gasteiger partial charge in [-0.05, 0) is 30.3 Å². The number of para-hydroxylation sites is 2. The molecule has 1 aromatic heterocycles. The number of aromatic nitrogens is 2. The molecule has 0 aliphatic heterocycles. The summed E-state index contributed by atoms with van der Waals surface area (Å²) in [7, 11) is 0. The van der Waals surface area contributed by atoms with Crippen LogP contribution in [0.2, 0.25) is 0 Å². The Kier molecular flexibility index (Phi) is 5.10. The number of rotatable bonds is 4. The number of nitrogens with zero attached hydrogens (tertiary/aromatic N) is 2. The largest absolute Gasteiger partial charge is 0.455 e. The lowest BCUT2D eigenvalue weighted by molar-refractivity contribution is -0.137. The van der Waals surface area contributed by atoms with Crippen LogP contribution in [0.25, 0.3) is 16.9 Å². The Labute approximate surface area is 169 Å². The van der Waals surface area contributed by atoms with Gasteiger partial charge in [-0.2, -0.15) is 23.0 Å². The SMILES string of the molecule is O=c1cc(Oc2ccccc2)c(-c2ccccc2C(F)(F)F)nn1-c1ccccc1. The van der Waals surface area contributed by atoms with E-state index in [4.69, 9.17) is 4.74 Å².